The topological polar surface area (TPSA) is 106 Å². The predicted molar refractivity (Wildman–Crippen MR) is 116 cm³/mol. The summed E-state index contributed by atoms with van der Waals surface area (Å²) in [6.45, 7) is 2.07. The van der Waals surface area contributed by atoms with Gasteiger partial charge in [-0.15, -0.1) is 0 Å². The van der Waals surface area contributed by atoms with Gasteiger partial charge in [0.1, 0.15) is 11.2 Å². The summed E-state index contributed by atoms with van der Waals surface area (Å²) in [6, 6.07) is 13.9. The molecule has 0 bridgehead atoms. The van der Waals surface area contributed by atoms with Crippen molar-refractivity contribution in [2.75, 3.05) is 4.90 Å². The summed E-state index contributed by atoms with van der Waals surface area (Å²) in [5.74, 6) is 1.23. The fourth-order valence-electron chi connectivity index (χ4n) is 4.45. The van der Waals surface area contributed by atoms with Crippen LogP contribution in [0.4, 0.5) is 5.69 Å². The second-order valence-electron chi connectivity index (χ2n) is 7.81. The second kappa shape index (κ2) is 6.62. The predicted octanol–water partition coefficient (Wildman–Crippen LogP) is 3.91. The summed E-state index contributed by atoms with van der Waals surface area (Å²) in [5, 5.41) is 0. The summed E-state index contributed by atoms with van der Waals surface area (Å²) in [7, 11) is 0. The van der Waals surface area contributed by atoms with Gasteiger partial charge in [-0.1, -0.05) is 24.6 Å². The molecule has 1 aliphatic heterocycles. The number of rotatable bonds is 2. The first-order chi connectivity index (χ1) is 14.1. The number of benzene rings is 2. The van der Waals surface area contributed by atoms with Gasteiger partial charge in [-0.2, -0.15) is 4.99 Å². The van der Waals surface area contributed by atoms with E-state index in [4.69, 9.17) is 20.9 Å². The molecule has 1 aliphatic carbocycles. The van der Waals surface area contributed by atoms with Gasteiger partial charge < -0.3 is 15.9 Å². The van der Waals surface area contributed by atoms with Crippen LogP contribution in [-0.2, 0) is 0 Å². The van der Waals surface area contributed by atoms with Gasteiger partial charge in [0.15, 0.2) is 5.58 Å². The second-order valence-corrected chi connectivity index (χ2v) is 7.81. The van der Waals surface area contributed by atoms with Crippen molar-refractivity contribution in [1.29, 1.82) is 0 Å². The Morgan fingerprint density at radius 1 is 1.03 bits per heavy atom. The maximum Gasteiger partial charge on any atom is 0.227 e. The fraction of sp³-hybridized carbons (Fsp3) is 0.318. The monoisotopic (exact) mass is 388 g/mol. The highest BCUT2D eigenvalue weighted by atomic mass is 16.3. The van der Waals surface area contributed by atoms with Crippen LogP contribution in [0.15, 0.2) is 56.9 Å². The molecule has 7 heteroatoms. The van der Waals surface area contributed by atoms with Crippen molar-refractivity contribution in [3.05, 3.63) is 48.0 Å². The Balaban J connectivity index is 1.63. The molecule has 0 unspecified atom stereocenters. The molecule has 1 saturated carbocycles. The number of nitrogens with two attached hydrogens (primary N) is 2. The first-order valence-electron chi connectivity index (χ1n) is 10.0. The number of oxazole rings is 1. The van der Waals surface area contributed by atoms with Crippen LogP contribution in [0.1, 0.15) is 37.7 Å². The zero-order valence-corrected chi connectivity index (χ0v) is 16.4. The molecule has 1 aromatic heterocycles. The minimum atomic E-state index is -0.473. The smallest absolute Gasteiger partial charge is 0.227 e. The van der Waals surface area contributed by atoms with E-state index in [0.717, 1.165) is 53.6 Å². The number of hydrogen-bond donors (Lipinski definition) is 2. The van der Waals surface area contributed by atoms with Crippen molar-refractivity contribution in [2.45, 2.75) is 44.7 Å². The third-order valence-electron chi connectivity index (χ3n) is 5.84. The van der Waals surface area contributed by atoms with E-state index in [-0.39, 0.29) is 5.96 Å². The van der Waals surface area contributed by atoms with Crippen LogP contribution in [-0.4, -0.2) is 22.6 Å². The lowest BCUT2D eigenvalue weighted by atomic mass is 9.87. The standard InChI is InChI=1S/C22H24N6O/c1-14-9-10-15(19-25-16-7-3-4-8-18(16)29-19)13-17(14)28-21(24)26-20(23)27-22(28)11-5-2-6-12-22/h3-4,7-10,13H,2,5-6,11-12H2,1H3,(H4,23,24,26,27). The molecule has 0 radical (unpaired) electrons. The van der Waals surface area contributed by atoms with Gasteiger partial charge in [-0.3, -0.25) is 4.90 Å². The molecule has 2 heterocycles. The molecule has 0 atom stereocenters. The summed E-state index contributed by atoms with van der Waals surface area (Å²) >= 11 is 0. The lowest BCUT2D eigenvalue weighted by Crippen LogP contribution is -2.58. The number of anilines is 1. The zero-order valence-electron chi connectivity index (χ0n) is 16.4. The molecule has 2 aliphatic rings. The molecule has 5 rings (SSSR count). The molecule has 1 fully saturated rings. The average Bonchev–Trinajstić information content (AvgIpc) is 3.13. The van der Waals surface area contributed by atoms with Crippen molar-refractivity contribution < 1.29 is 4.42 Å². The van der Waals surface area contributed by atoms with E-state index in [2.05, 4.69) is 33.9 Å². The largest absolute Gasteiger partial charge is 0.436 e. The first kappa shape index (κ1) is 17.7. The highest BCUT2D eigenvalue weighted by Crippen LogP contribution is 2.41. The van der Waals surface area contributed by atoms with Crippen LogP contribution in [0, 0.1) is 6.92 Å². The minimum Gasteiger partial charge on any atom is -0.436 e. The summed E-state index contributed by atoms with van der Waals surface area (Å²) in [4.78, 5) is 15.8. The summed E-state index contributed by atoms with van der Waals surface area (Å²) in [6.07, 6.45) is 5.17. The van der Waals surface area contributed by atoms with Crippen LogP contribution in [0.2, 0.25) is 0 Å². The van der Waals surface area contributed by atoms with E-state index in [9.17, 15) is 0 Å². The van der Waals surface area contributed by atoms with Gasteiger partial charge in [0.25, 0.3) is 0 Å². The average molecular weight is 388 g/mol. The molecule has 0 amide bonds. The molecule has 2 aromatic carbocycles. The summed E-state index contributed by atoms with van der Waals surface area (Å²) < 4.78 is 5.98. The molecule has 3 aromatic rings. The van der Waals surface area contributed by atoms with Crippen LogP contribution >= 0.6 is 0 Å². The van der Waals surface area contributed by atoms with E-state index in [1.54, 1.807) is 0 Å². The van der Waals surface area contributed by atoms with Crippen LogP contribution in [0.25, 0.3) is 22.6 Å². The van der Waals surface area contributed by atoms with E-state index < -0.39 is 5.66 Å². The molecular formula is C22H24N6O. The molecule has 7 nitrogen and oxygen atoms in total. The number of guanidine groups is 2. The zero-order chi connectivity index (χ0) is 20.0. The van der Waals surface area contributed by atoms with Gasteiger partial charge in [-0.25, -0.2) is 9.98 Å². The Kier molecular flexibility index (Phi) is 4.04. The fourth-order valence-corrected chi connectivity index (χ4v) is 4.45. The summed E-state index contributed by atoms with van der Waals surface area (Å²) in [5.41, 5.74) is 16.5. The SMILES string of the molecule is Cc1ccc(-c2nc3ccccc3o2)cc1N1C(N)=NC(N)=NC12CCCCC2. The Hall–Kier alpha value is -3.35. The highest BCUT2D eigenvalue weighted by Gasteiger charge is 2.43. The van der Waals surface area contributed by atoms with Gasteiger partial charge in [0, 0.05) is 11.3 Å². The molecule has 0 saturated heterocycles. The molecule has 148 valence electrons. The Morgan fingerprint density at radius 3 is 2.62 bits per heavy atom. The first-order valence-corrected chi connectivity index (χ1v) is 10.0. The van der Waals surface area contributed by atoms with Crippen molar-refractivity contribution >= 4 is 28.7 Å². The third-order valence-corrected chi connectivity index (χ3v) is 5.84. The normalized spacial score (nSPS) is 18.7. The van der Waals surface area contributed by atoms with E-state index in [1.807, 2.05) is 30.3 Å². The van der Waals surface area contributed by atoms with Gasteiger partial charge in [-0.05, 0) is 62.4 Å². The quantitative estimate of drug-likeness (QED) is 0.692. The van der Waals surface area contributed by atoms with Crippen molar-refractivity contribution in [3.8, 4) is 11.5 Å². The molecular weight excluding hydrogens is 364 g/mol. The van der Waals surface area contributed by atoms with Gasteiger partial charge in [0.05, 0.1) is 0 Å². The molecule has 4 N–H and O–H groups in total. The van der Waals surface area contributed by atoms with E-state index >= 15 is 0 Å². The Labute approximate surface area is 169 Å². The highest BCUT2D eigenvalue weighted by molar-refractivity contribution is 6.06. The number of nitrogens with zero attached hydrogens (tertiary/aromatic N) is 4. The lowest BCUT2D eigenvalue weighted by molar-refractivity contribution is 0.305. The minimum absolute atomic E-state index is 0.258. The number of fused-ring (bicyclic) bond motifs is 1. The Bertz CT molecular complexity index is 1110. The van der Waals surface area contributed by atoms with Crippen LogP contribution in [0.3, 0.4) is 0 Å². The number of hydrogen-bond acceptors (Lipinski definition) is 7. The van der Waals surface area contributed by atoms with Gasteiger partial charge >= 0.3 is 0 Å². The Morgan fingerprint density at radius 2 is 1.83 bits per heavy atom. The number of aromatic nitrogens is 1. The molecule has 29 heavy (non-hydrogen) atoms. The van der Waals surface area contributed by atoms with Crippen LogP contribution < -0.4 is 16.4 Å². The third kappa shape index (κ3) is 2.93. The maximum absolute atomic E-state index is 6.40. The maximum atomic E-state index is 6.40. The van der Waals surface area contributed by atoms with Crippen molar-refractivity contribution in [3.63, 3.8) is 0 Å². The van der Waals surface area contributed by atoms with Crippen LogP contribution in [0.5, 0.6) is 0 Å². The lowest BCUT2D eigenvalue weighted by Gasteiger charge is -2.46. The van der Waals surface area contributed by atoms with Crippen molar-refractivity contribution in [2.24, 2.45) is 21.5 Å². The van der Waals surface area contributed by atoms with E-state index in [0.29, 0.717) is 11.9 Å². The van der Waals surface area contributed by atoms with Gasteiger partial charge in [0.2, 0.25) is 17.8 Å². The molecule has 1 spiro atoms. The van der Waals surface area contributed by atoms with E-state index in [1.165, 1.54) is 6.42 Å². The number of aliphatic imine (C=N–C) groups is 2. The number of aryl methyl sites for hydroxylation is 1. The van der Waals surface area contributed by atoms with Crippen molar-refractivity contribution in [1.82, 2.24) is 4.98 Å². The number of para-hydroxylation sites is 2.